The van der Waals surface area contributed by atoms with E-state index in [-0.39, 0.29) is 29.3 Å². The van der Waals surface area contributed by atoms with Crippen LogP contribution >= 0.6 is 0 Å². The average Bonchev–Trinajstić information content (AvgIpc) is 2.78. The van der Waals surface area contributed by atoms with Gasteiger partial charge in [-0.2, -0.15) is 0 Å². The van der Waals surface area contributed by atoms with Gasteiger partial charge in [-0.05, 0) is 54.8 Å². The minimum Gasteiger partial charge on any atom is -0.352 e. The molecule has 0 unspecified atom stereocenters. The molecule has 0 aliphatic heterocycles. The van der Waals surface area contributed by atoms with Crippen molar-refractivity contribution in [1.82, 2.24) is 10.6 Å². The van der Waals surface area contributed by atoms with Crippen LogP contribution in [0, 0.1) is 13.8 Å². The molecule has 33 heavy (non-hydrogen) atoms. The second-order valence-electron chi connectivity index (χ2n) is 7.72. The Morgan fingerprint density at radius 2 is 1.61 bits per heavy atom. The number of benzene rings is 3. The van der Waals surface area contributed by atoms with Crippen molar-refractivity contribution in [1.29, 1.82) is 0 Å². The normalized spacial score (nSPS) is 11.0. The number of sulfonamides is 1. The third-order valence-electron chi connectivity index (χ3n) is 5.00. The van der Waals surface area contributed by atoms with E-state index in [4.69, 9.17) is 0 Å². The Bertz CT molecular complexity index is 1240. The quantitative estimate of drug-likeness (QED) is 0.450. The lowest BCUT2D eigenvalue weighted by molar-refractivity contribution is -0.121. The number of hydrogen-bond donors (Lipinski definition) is 3. The van der Waals surface area contributed by atoms with Crippen LogP contribution in [0.4, 0.5) is 5.69 Å². The van der Waals surface area contributed by atoms with Crippen molar-refractivity contribution in [2.24, 2.45) is 0 Å². The number of carbonyl (C=O) groups excluding carboxylic acids is 2. The van der Waals surface area contributed by atoms with Crippen LogP contribution in [0.3, 0.4) is 0 Å². The lowest BCUT2D eigenvalue weighted by atomic mass is 10.1. The third-order valence-corrected chi connectivity index (χ3v) is 6.38. The Kier molecular flexibility index (Phi) is 7.84. The van der Waals surface area contributed by atoms with Crippen molar-refractivity contribution in [3.05, 3.63) is 95.1 Å². The Labute approximate surface area is 194 Å². The van der Waals surface area contributed by atoms with Gasteiger partial charge in [0.05, 0.1) is 4.90 Å². The second-order valence-corrected chi connectivity index (χ2v) is 9.40. The van der Waals surface area contributed by atoms with E-state index in [2.05, 4.69) is 15.4 Å². The molecule has 0 fully saturated rings. The highest BCUT2D eigenvalue weighted by Crippen LogP contribution is 2.20. The number of rotatable bonds is 9. The summed E-state index contributed by atoms with van der Waals surface area (Å²) in [4.78, 5) is 24.7. The van der Waals surface area contributed by atoms with E-state index in [1.807, 2.05) is 43.3 Å². The van der Waals surface area contributed by atoms with Crippen LogP contribution in [-0.2, 0) is 21.4 Å². The molecule has 0 heterocycles. The minimum atomic E-state index is -3.86. The first-order valence-corrected chi connectivity index (χ1v) is 12.0. The fraction of sp³-hybridized carbons (Fsp3) is 0.200. The predicted molar refractivity (Wildman–Crippen MR) is 128 cm³/mol. The Morgan fingerprint density at radius 1 is 0.848 bits per heavy atom. The summed E-state index contributed by atoms with van der Waals surface area (Å²) in [7, 11) is -3.86. The Balaban J connectivity index is 1.59. The largest absolute Gasteiger partial charge is 0.352 e. The molecular formula is C25H27N3O4S. The monoisotopic (exact) mass is 465 g/mol. The first kappa shape index (κ1) is 24.0. The van der Waals surface area contributed by atoms with Gasteiger partial charge in [0.25, 0.3) is 15.9 Å². The second kappa shape index (κ2) is 10.8. The van der Waals surface area contributed by atoms with Crippen molar-refractivity contribution in [3.8, 4) is 0 Å². The topological polar surface area (TPSA) is 104 Å². The molecule has 0 bridgehead atoms. The summed E-state index contributed by atoms with van der Waals surface area (Å²) in [6.07, 6.45) is 0.116. The predicted octanol–water partition coefficient (Wildman–Crippen LogP) is 3.54. The smallest absolute Gasteiger partial charge is 0.261 e. The van der Waals surface area contributed by atoms with Gasteiger partial charge < -0.3 is 10.6 Å². The van der Waals surface area contributed by atoms with Gasteiger partial charge in [0, 0.05) is 30.8 Å². The van der Waals surface area contributed by atoms with Gasteiger partial charge in [0.1, 0.15) is 0 Å². The molecule has 7 nitrogen and oxygen atoms in total. The average molecular weight is 466 g/mol. The van der Waals surface area contributed by atoms with E-state index in [0.717, 1.165) is 11.1 Å². The molecular weight excluding hydrogens is 438 g/mol. The molecule has 3 N–H and O–H groups in total. The molecule has 172 valence electrons. The Hall–Kier alpha value is -3.65. The highest BCUT2D eigenvalue weighted by atomic mass is 32.2. The van der Waals surface area contributed by atoms with Crippen molar-refractivity contribution < 1.29 is 18.0 Å². The first-order chi connectivity index (χ1) is 15.7. The summed E-state index contributed by atoms with van der Waals surface area (Å²) in [6, 6.07) is 20.9. The van der Waals surface area contributed by atoms with Crippen LogP contribution in [0.2, 0.25) is 0 Å². The maximum atomic E-state index is 12.8. The lowest BCUT2D eigenvalue weighted by Gasteiger charge is -2.12. The number of amides is 2. The number of hydrogen-bond acceptors (Lipinski definition) is 4. The van der Waals surface area contributed by atoms with Crippen LogP contribution in [0.5, 0.6) is 0 Å². The zero-order valence-corrected chi connectivity index (χ0v) is 19.4. The zero-order valence-electron chi connectivity index (χ0n) is 18.6. The van der Waals surface area contributed by atoms with Crippen LogP contribution in [0.1, 0.15) is 33.5 Å². The molecule has 8 heteroatoms. The number of carbonyl (C=O) groups is 2. The van der Waals surface area contributed by atoms with Crippen molar-refractivity contribution in [3.63, 3.8) is 0 Å². The molecule has 3 aromatic carbocycles. The van der Waals surface area contributed by atoms with Crippen molar-refractivity contribution in [2.45, 2.75) is 31.7 Å². The van der Waals surface area contributed by atoms with Crippen LogP contribution in [0.25, 0.3) is 0 Å². The van der Waals surface area contributed by atoms with Gasteiger partial charge in [-0.1, -0.05) is 48.5 Å². The van der Waals surface area contributed by atoms with E-state index in [0.29, 0.717) is 17.8 Å². The van der Waals surface area contributed by atoms with Crippen molar-refractivity contribution >= 4 is 27.5 Å². The molecule has 0 aliphatic carbocycles. The molecule has 0 saturated carbocycles. The summed E-state index contributed by atoms with van der Waals surface area (Å²) in [6.45, 7) is 4.15. The molecule has 0 aliphatic rings. The fourth-order valence-electron chi connectivity index (χ4n) is 3.21. The highest BCUT2D eigenvalue weighted by molar-refractivity contribution is 7.92. The summed E-state index contributed by atoms with van der Waals surface area (Å²) < 4.78 is 28.1. The lowest BCUT2D eigenvalue weighted by Crippen LogP contribution is -2.31. The molecule has 0 saturated heterocycles. The summed E-state index contributed by atoms with van der Waals surface area (Å²) in [5, 5.41) is 5.49. The van der Waals surface area contributed by atoms with E-state index in [1.165, 1.54) is 12.1 Å². The summed E-state index contributed by atoms with van der Waals surface area (Å²) in [5.74, 6) is -0.620. The summed E-state index contributed by atoms with van der Waals surface area (Å²) in [5.41, 5.74) is 3.24. The van der Waals surface area contributed by atoms with Gasteiger partial charge in [-0.15, -0.1) is 0 Å². The van der Waals surface area contributed by atoms with Gasteiger partial charge in [0.15, 0.2) is 0 Å². The fourth-order valence-corrected chi connectivity index (χ4v) is 4.28. The van der Waals surface area contributed by atoms with Crippen LogP contribution in [0.15, 0.2) is 77.7 Å². The number of nitrogens with one attached hydrogen (secondary N) is 3. The molecule has 0 aromatic heterocycles. The maximum absolute atomic E-state index is 12.8. The van der Waals surface area contributed by atoms with Crippen LogP contribution in [-0.4, -0.2) is 26.8 Å². The molecule has 0 radical (unpaired) electrons. The first-order valence-electron chi connectivity index (χ1n) is 10.5. The standard InChI is InChI=1S/C25H27N3O4S/c1-18-7-6-10-21(15-18)28-33(31,32)22-12-11-19(2)23(16-22)25(30)26-14-13-24(29)27-17-20-8-4-3-5-9-20/h3-12,15-16,28H,13-14,17H2,1-2H3,(H,26,30)(H,27,29). The van der Waals surface area contributed by atoms with Gasteiger partial charge >= 0.3 is 0 Å². The SMILES string of the molecule is Cc1cccc(NS(=O)(=O)c2ccc(C)c(C(=O)NCCC(=O)NCc3ccccc3)c2)c1. The molecule has 0 atom stereocenters. The summed E-state index contributed by atoms with van der Waals surface area (Å²) >= 11 is 0. The minimum absolute atomic E-state index is 0.0136. The molecule has 3 aromatic rings. The van der Waals surface area contributed by atoms with Gasteiger partial charge in [-0.3, -0.25) is 14.3 Å². The number of aryl methyl sites for hydroxylation is 2. The highest BCUT2D eigenvalue weighted by Gasteiger charge is 2.18. The zero-order chi connectivity index (χ0) is 23.8. The van der Waals surface area contributed by atoms with Gasteiger partial charge in [-0.25, -0.2) is 8.42 Å². The van der Waals surface area contributed by atoms with E-state index in [1.54, 1.807) is 31.2 Å². The molecule has 2 amide bonds. The van der Waals surface area contributed by atoms with Crippen LogP contribution < -0.4 is 15.4 Å². The van der Waals surface area contributed by atoms with Crippen molar-refractivity contribution in [2.75, 3.05) is 11.3 Å². The maximum Gasteiger partial charge on any atom is 0.261 e. The number of anilines is 1. The Morgan fingerprint density at radius 3 is 2.33 bits per heavy atom. The van der Waals surface area contributed by atoms with E-state index >= 15 is 0 Å². The molecule has 3 rings (SSSR count). The third kappa shape index (κ3) is 6.92. The van der Waals surface area contributed by atoms with Gasteiger partial charge in [0.2, 0.25) is 5.91 Å². The molecule has 0 spiro atoms. The van der Waals surface area contributed by atoms with E-state index in [9.17, 15) is 18.0 Å². The van der Waals surface area contributed by atoms with E-state index < -0.39 is 15.9 Å².